The fraction of sp³-hybridized carbons (Fsp3) is 0.500. The minimum Gasteiger partial charge on any atom is -0.384 e. The number of rotatable bonds is 7. The van der Waals surface area contributed by atoms with Crippen LogP contribution in [0.4, 0.5) is 0 Å². The van der Waals surface area contributed by atoms with Gasteiger partial charge in [0.05, 0.1) is 12.4 Å². The third-order valence-electron chi connectivity index (χ3n) is 2.37. The maximum absolute atomic E-state index is 11.5. The van der Waals surface area contributed by atoms with Gasteiger partial charge >= 0.3 is 0 Å². The first kappa shape index (κ1) is 14.2. The predicted molar refractivity (Wildman–Crippen MR) is 68.5 cm³/mol. The molecule has 4 nitrogen and oxygen atoms in total. The Bertz CT molecular complexity index is 443. The van der Waals surface area contributed by atoms with Crippen molar-refractivity contribution < 1.29 is 13.2 Å². The van der Waals surface area contributed by atoms with Crippen molar-refractivity contribution in [2.24, 2.45) is 0 Å². The van der Waals surface area contributed by atoms with Crippen molar-refractivity contribution >= 4 is 10.0 Å². The maximum Gasteiger partial charge on any atom is 0.213 e. The Morgan fingerprint density at radius 3 is 2.76 bits per heavy atom. The van der Waals surface area contributed by atoms with E-state index in [0.29, 0.717) is 13.0 Å². The average Bonchev–Trinajstić information content (AvgIpc) is 2.26. The Labute approximate surface area is 103 Å². The lowest BCUT2D eigenvalue weighted by Crippen LogP contribution is -2.29. The Kier molecular flexibility index (Phi) is 5.61. The molecule has 0 bridgehead atoms. The SMILES string of the molecule is COCCS(=O)(=O)NCCc1cccc(C)c1. The molecular formula is C12H19NO3S. The molecule has 0 aliphatic rings. The average molecular weight is 257 g/mol. The van der Waals surface area contributed by atoms with Crippen LogP contribution in [0.15, 0.2) is 24.3 Å². The van der Waals surface area contributed by atoms with Crippen molar-refractivity contribution in [3.8, 4) is 0 Å². The lowest BCUT2D eigenvalue weighted by molar-refractivity contribution is 0.217. The summed E-state index contributed by atoms with van der Waals surface area (Å²) in [6.07, 6.45) is 0.702. The molecule has 1 aromatic carbocycles. The van der Waals surface area contributed by atoms with Crippen LogP contribution in [0.3, 0.4) is 0 Å². The molecule has 0 unspecified atom stereocenters. The first-order valence-electron chi connectivity index (χ1n) is 5.55. The van der Waals surface area contributed by atoms with Gasteiger partial charge in [-0.1, -0.05) is 29.8 Å². The van der Waals surface area contributed by atoms with Crippen LogP contribution in [0, 0.1) is 6.92 Å². The van der Waals surface area contributed by atoms with Crippen LogP contribution in [0.1, 0.15) is 11.1 Å². The summed E-state index contributed by atoms with van der Waals surface area (Å²) >= 11 is 0. The van der Waals surface area contributed by atoms with Crippen molar-refractivity contribution in [3.05, 3.63) is 35.4 Å². The molecule has 17 heavy (non-hydrogen) atoms. The fourth-order valence-corrected chi connectivity index (χ4v) is 2.43. The number of aryl methyl sites for hydroxylation is 1. The monoisotopic (exact) mass is 257 g/mol. The molecule has 0 aromatic heterocycles. The second-order valence-corrected chi connectivity index (χ2v) is 5.87. The van der Waals surface area contributed by atoms with Gasteiger partial charge < -0.3 is 4.74 Å². The molecule has 5 heteroatoms. The van der Waals surface area contributed by atoms with E-state index in [2.05, 4.69) is 10.8 Å². The smallest absolute Gasteiger partial charge is 0.213 e. The highest BCUT2D eigenvalue weighted by molar-refractivity contribution is 7.89. The summed E-state index contributed by atoms with van der Waals surface area (Å²) in [7, 11) is -1.71. The van der Waals surface area contributed by atoms with Gasteiger partial charge in [0.25, 0.3) is 0 Å². The number of hydrogen-bond acceptors (Lipinski definition) is 3. The minimum absolute atomic E-state index is 0.0112. The van der Waals surface area contributed by atoms with Gasteiger partial charge in [0.15, 0.2) is 0 Å². The van der Waals surface area contributed by atoms with Crippen LogP contribution in [-0.2, 0) is 21.2 Å². The Balaban J connectivity index is 2.37. The Morgan fingerprint density at radius 1 is 1.35 bits per heavy atom. The molecule has 0 aliphatic heterocycles. The van der Waals surface area contributed by atoms with E-state index in [9.17, 15) is 8.42 Å². The molecule has 0 atom stereocenters. The number of hydrogen-bond donors (Lipinski definition) is 1. The zero-order chi connectivity index (χ0) is 12.7. The van der Waals surface area contributed by atoms with Gasteiger partial charge in [-0.3, -0.25) is 0 Å². The molecule has 96 valence electrons. The van der Waals surface area contributed by atoms with Crippen LogP contribution in [-0.4, -0.2) is 34.4 Å². The molecule has 0 amide bonds. The highest BCUT2D eigenvalue weighted by Crippen LogP contribution is 2.04. The lowest BCUT2D eigenvalue weighted by atomic mass is 10.1. The summed E-state index contributed by atoms with van der Waals surface area (Å²) < 4.78 is 30.2. The molecule has 1 rings (SSSR count). The molecule has 1 N–H and O–H groups in total. The van der Waals surface area contributed by atoms with E-state index in [4.69, 9.17) is 4.74 Å². The van der Waals surface area contributed by atoms with Crippen LogP contribution in [0.2, 0.25) is 0 Å². The Hall–Kier alpha value is -0.910. The predicted octanol–water partition coefficient (Wildman–Crippen LogP) is 1.10. The summed E-state index contributed by atoms with van der Waals surface area (Å²) in [5.74, 6) is 0.0112. The van der Waals surface area contributed by atoms with Crippen molar-refractivity contribution in [2.75, 3.05) is 26.0 Å². The number of ether oxygens (including phenoxy) is 1. The molecule has 0 saturated heterocycles. The normalized spacial score (nSPS) is 11.6. The highest BCUT2D eigenvalue weighted by Gasteiger charge is 2.08. The summed E-state index contributed by atoms with van der Waals surface area (Å²) in [4.78, 5) is 0. The van der Waals surface area contributed by atoms with Gasteiger partial charge in [-0.05, 0) is 18.9 Å². The lowest BCUT2D eigenvalue weighted by Gasteiger charge is -2.06. The number of benzene rings is 1. The summed E-state index contributed by atoms with van der Waals surface area (Å²) in [6, 6.07) is 8.05. The van der Waals surface area contributed by atoms with Crippen LogP contribution < -0.4 is 4.72 Å². The highest BCUT2D eigenvalue weighted by atomic mass is 32.2. The quantitative estimate of drug-likeness (QED) is 0.796. The first-order valence-corrected chi connectivity index (χ1v) is 7.20. The third-order valence-corrected chi connectivity index (χ3v) is 3.72. The number of methoxy groups -OCH3 is 1. The molecular weight excluding hydrogens is 238 g/mol. The van der Waals surface area contributed by atoms with Gasteiger partial charge in [0.2, 0.25) is 10.0 Å². The second-order valence-electron chi connectivity index (χ2n) is 3.95. The Morgan fingerprint density at radius 2 is 2.12 bits per heavy atom. The van der Waals surface area contributed by atoms with Crippen LogP contribution in [0.25, 0.3) is 0 Å². The number of nitrogens with one attached hydrogen (secondary N) is 1. The fourth-order valence-electron chi connectivity index (χ4n) is 1.48. The third kappa shape index (κ3) is 5.81. The number of sulfonamides is 1. The van der Waals surface area contributed by atoms with Crippen molar-refractivity contribution in [2.45, 2.75) is 13.3 Å². The molecule has 0 saturated carbocycles. The molecule has 0 aliphatic carbocycles. The van der Waals surface area contributed by atoms with Gasteiger partial charge in [0.1, 0.15) is 0 Å². The summed E-state index contributed by atoms with van der Waals surface area (Å²) in [5.41, 5.74) is 2.32. The maximum atomic E-state index is 11.5. The first-order chi connectivity index (χ1) is 8.03. The molecule has 0 fully saturated rings. The van der Waals surface area contributed by atoms with E-state index in [1.807, 2.05) is 25.1 Å². The topological polar surface area (TPSA) is 55.4 Å². The zero-order valence-electron chi connectivity index (χ0n) is 10.3. The van der Waals surface area contributed by atoms with Gasteiger partial charge in [-0.15, -0.1) is 0 Å². The molecule has 1 aromatic rings. The van der Waals surface area contributed by atoms with Gasteiger partial charge in [-0.25, -0.2) is 13.1 Å². The van der Waals surface area contributed by atoms with Crippen molar-refractivity contribution in [3.63, 3.8) is 0 Å². The minimum atomic E-state index is -3.20. The molecule has 0 heterocycles. The van der Waals surface area contributed by atoms with Crippen LogP contribution >= 0.6 is 0 Å². The van der Waals surface area contributed by atoms with E-state index in [1.165, 1.54) is 12.7 Å². The second kappa shape index (κ2) is 6.74. The van der Waals surface area contributed by atoms with E-state index < -0.39 is 10.0 Å². The van der Waals surface area contributed by atoms with Crippen molar-refractivity contribution in [1.82, 2.24) is 4.72 Å². The largest absolute Gasteiger partial charge is 0.384 e. The van der Waals surface area contributed by atoms with E-state index in [1.54, 1.807) is 0 Å². The summed E-state index contributed by atoms with van der Waals surface area (Å²) in [5, 5.41) is 0. The van der Waals surface area contributed by atoms with Gasteiger partial charge in [0, 0.05) is 13.7 Å². The van der Waals surface area contributed by atoms with E-state index >= 15 is 0 Å². The molecule has 0 radical (unpaired) electrons. The van der Waals surface area contributed by atoms with Crippen molar-refractivity contribution in [1.29, 1.82) is 0 Å². The molecule has 0 spiro atoms. The van der Waals surface area contributed by atoms with Crippen LogP contribution in [0.5, 0.6) is 0 Å². The van der Waals surface area contributed by atoms with Gasteiger partial charge in [-0.2, -0.15) is 0 Å². The zero-order valence-corrected chi connectivity index (χ0v) is 11.1. The van der Waals surface area contributed by atoms with E-state index in [-0.39, 0.29) is 12.4 Å². The summed E-state index contributed by atoms with van der Waals surface area (Å²) in [6.45, 7) is 2.67. The van der Waals surface area contributed by atoms with E-state index in [0.717, 1.165) is 5.56 Å². The standard InChI is InChI=1S/C12H19NO3S/c1-11-4-3-5-12(10-11)6-7-13-17(14,15)9-8-16-2/h3-5,10,13H,6-9H2,1-2H3.